The van der Waals surface area contributed by atoms with Gasteiger partial charge in [-0.3, -0.25) is 24.7 Å². The lowest BCUT2D eigenvalue weighted by atomic mass is 9.89. The molecular formula is C33H35N5O4. The highest BCUT2D eigenvalue weighted by molar-refractivity contribution is 6.24. The minimum Gasteiger partial charge on any atom is -0.338 e. The van der Waals surface area contributed by atoms with Crippen LogP contribution in [0.15, 0.2) is 65.7 Å². The number of benzene rings is 3. The number of fused-ring (bicyclic) bond motifs is 2. The van der Waals surface area contributed by atoms with E-state index in [1.807, 2.05) is 35.2 Å². The summed E-state index contributed by atoms with van der Waals surface area (Å²) in [6.45, 7) is 6.16. The number of aliphatic imine (C=N–C) groups is 1. The van der Waals surface area contributed by atoms with Crippen LogP contribution >= 0.6 is 0 Å². The number of amides is 2. The van der Waals surface area contributed by atoms with Crippen molar-refractivity contribution in [2.45, 2.75) is 51.5 Å². The molecule has 0 aromatic heterocycles. The van der Waals surface area contributed by atoms with Gasteiger partial charge in [-0.05, 0) is 79.2 Å². The van der Waals surface area contributed by atoms with Crippen LogP contribution in [0.5, 0.6) is 0 Å². The molecule has 3 aliphatic rings. The third-order valence-corrected chi connectivity index (χ3v) is 8.66. The molecular weight excluding hydrogens is 530 g/mol. The smallest absolute Gasteiger partial charge is 0.269 e. The molecule has 42 heavy (non-hydrogen) atoms. The third kappa shape index (κ3) is 5.83. The molecule has 0 saturated carbocycles. The van der Waals surface area contributed by atoms with Crippen molar-refractivity contribution in [3.63, 3.8) is 0 Å². The fourth-order valence-corrected chi connectivity index (χ4v) is 6.26. The summed E-state index contributed by atoms with van der Waals surface area (Å²) >= 11 is 0. The van der Waals surface area contributed by atoms with Gasteiger partial charge in [-0.15, -0.1) is 0 Å². The number of nitrogens with one attached hydrogen (secondary N) is 1. The van der Waals surface area contributed by atoms with Crippen LogP contribution in [0.1, 0.15) is 59.9 Å². The maximum absolute atomic E-state index is 13.4. The monoisotopic (exact) mass is 565 g/mol. The number of likely N-dealkylation sites (tertiary alicyclic amines) is 1. The lowest BCUT2D eigenvalue weighted by Gasteiger charge is -2.28. The fourth-order valence-electron chi connectivity index (χ4n) is 6.26. The number of non-ortho nitro benzene ring substituents is 1. The van der Waals surface area contributed by atoms with Crippen LogP contribution in [0.3, 0.4) is 0 Å². The zero-order valence-corrected chi connectivity index (χ0v) is 23.8. The molecule has 0 radical (unpaired) electrons. The molecule has 3 aliphatic heterocycles. The number of rotatable bonds is 7. The van der Waals surface area contributed by atoms with Gasteiger partial charge in [-0.25, -0.2) is 0 Å². The SMILES string of the molecule is CC(=O)N1CCc2cc(N=C(c3ccc(CCN4CCCCC4)cc3)C3C(=O)Nc4ccc([N+](=O)[O-])cc43)ccc2C1. The van der Waals surface area contributed by atoms with Gasteiger partial charge in [-0.2, -0.15) is 0 Å². The normalized spacial score (nSPS) is 18.8. The molecule has 0 spiro atoms. The van der Waals surface area contributed by atoms with Gasteiger partial charge < -0.3 is 15.1 Å². The van der Waals surface area contributed by atoms with Gasteiger partial charge in [0.25, 0.3) is 5.69 Å². The van der Waals surface area contributed by atoms with Crippen molar-refractivity contribution in [1.82, 2.24) is 9.80 Å². The van der Waals surface area contributed by atoms with E-state index in [4.69, 9.17) is 4.99 Å². The van der Waals surface area contributed by atoms with Gasteiger partial charge >= 0.3 is 0 Å². The van der Waals surface area contributed by atoms with E-state index in [9.17, 15) is 19.7 Å². The van der Waals surface area contributed by atoms with Crippen molar-refractivity contribution in [2.75, 3.05) is 31.5 Å². The van der Waals surface area contributed by atoms with Gasteiger partial charge in [0.2, 0.25) is 11.8 Å². The molecule has 1 unspecified atom stereocenters. The molecule has 1 fully saturated rings. The van der Waals surface area contributed by atoms with Crippen molar-refractivity contribution in [2.24, 2.45) is 4.99 Å². The number of hydrogen-bond donors (Lipinski definition) is 1. The Morgan fingerprint density at radius 1 is 1.00 bits per heavy atom. The zero-order chi connectivity index (χ0) is 29.2. The molecule has 3 aromatic rings. The second-order valence-corrected chi connectivity index (χ2v) is 11.4. The van der Waals surface area contributed by atoms with Crippen LogP contribution in [-0.4, -0.2) is 58.4 Å². The van der Waals surface area contributed by atoms with Crippen molar-refractivity contribution < 1.29 is 14.5 Å². The summed E-state index contributed by atoms with van der Waals surface area (Å²) in [7, 11) is 0. The van der Waals surface area contributed by atoms with E-state index in [0.29, 0.717) is 35.7 Å². The minimum atomic E-state index is -0.789. The highest BCUT2D eigenvalue weighted by atomic mass is 16.6. The number of nitro benzene ring substituents is 1. The quantitative estimate of drug-likeness (QED) is 0.235. The van der Waals surface area contributed by atoms with Crippen LogP contribution in [0.2, 0.25) is 0 Å². The number of nitrogens with zero attached hydrogens (tertiary/aromatic N) is 4. The van der Waals surface area contributed by atoms with Gasteiger partial charge in [0.15, 0.2) is 0 Å². The molecule has 216 valence electrons. The standard InChI is InChI=1S/C33H35N5O4/c1-22(39)37-18-14-25-19-27(10-9-26(25)21-37)34-32(31-29-20-28(38(41)42)11-12-30(29)35-33(31)40)24-7-5-23(6-8-24)13-17-36-15-3-2-4-16-36/h5-12,19-20,31H,2-4,13-18,21H2,1H3,(H,35,40). The second kappa shape index (κ2) is 11.9. The van der Waals surface area contributed by atoms with Gasteiger partial charge in [0.1, 0.15) is 5.92 Å². The van der Waals surface area contributed by atoms with Gasteiger partial charge in [-0.1, -0.05) is 36.8 Å². The average Bonchev–Trinajstić information content (AvgIpc) is 3.33. The van der Waals surface area contributed by atoms with Crippen molar-refractivity contribution in [3.8, 4) is 0 Å². The average molecular weight is 566 g/mol. The lowest BCUT2D eigenvalue weighted by Crippen LogP contribution is -2.34. The first-order valence-electron chi connectivity index (χ1n) is 14.7. The Kier molecular flexibility index (Phi) is 7.84. The van der Waals surface area contributed by atoms with Crippen molar-refractivity contribution in [3.05, 3.63) is 98.6 Å². The van der Waals surface area contributed by atoms with E-state index in [0.717, 1.165) is 49.2 Å². The van der Waals surface area contributed by atoms with Crippen LogP contribution in [-0.2, 0) is 29.0 Å². The lowest BCUT2D eigenvalue weighted by molar-refractivity contribution is -0.384. The Labute approximate surface area is 245 Å². The molecule has 0 bridgehead atoms. The summed E-state index contributed by atoms with van der Waals surface area (Å²) < 4.78 is 0. The molecule has 9 heteroatoms. The summed E-state index contributed by atoms with van der Waals surface area (Å²) in [5.41, 5.74) is 6.56. The molecule has 1 saturated heterocycles. The molecule has 9 nitrogen and oxygen atoms in total. The Morgan fingerprint density at radius 2 is 1.79 bits per heavy atom. The highest BCUT2D eigenvalue weighted by Crippen LogP contribution is 2.38. The maximum atomic E-state index is 13.4. The van der Waals surface area contributed by atoms with E-state index < -0.39 is 10.8 Å². The fraction of sp³-hybridized carbons (Fsp3) is 0.364. The van der Waals surface area contributed by atoms with Crippen LogP contribution in [0.4, 0.5) is 17.1 Å². The molecule has 0 aliphatic carbocycles. The number of carbonyl (C=O) groups is 2. The Morgan fingerprint density at radius 3 is 2.52 bits per heavy atom. The van der Waals surface area contributed by atoms with Crippen LogP contribution < -0.4 is 5.32 Å². The first-order valence-corrected chi connectivity index (χ1v) is 14.7. The number of anilines is 1. The largest absolute Gasteiger partial charge is 0.338 e. The number of nitro groups is 1. The van der Waals surface area contributed by atoms with E-state index in [1.165, 1.54) is 37.0 Å². The maximum Gasteiger partial charge on any atom is 0.269 e. The van der Waals surface area contributed by atoms with Gasteiger partial charge in [0, 0.05) is 49.9 Å². The summed E-state index contributed by atoms with van der Waals surface area (Å²) in [5.74, 6) is -0.985. The molecule has 3 aromatic carbocycles. The Hall–Kier alpha value is -4.37. The first-order chi connectivity index (χ1) is 20.4. The first kappa shape index (κ1) is 27.8. The second-order valence-electron chi connectivity index (χ2n) is 11.4. The van der Waals surface area contributed by atoms with E-state index in [-0.39, 0.29) is 17.5 Å². The summed E-state index contributed by atoms with van der Waals surface area (Å²) in [6, 6.07) is 18.6. The van der Waals surface area contributed by atoms with Crippen LogP contribution in [0.25, 0.3) is 0 Å². The molecule has 2 amide bonds. The third-order valence-electron chi connectivity index (χ3n) is 8.66. The molecule has 6 rings (SSSR count). The number of piperidine rings is 1. The van der Waals surface area contributed by atoms with Crippen LogP contribution in [0, 0.1) is 10.1 Å². The van der Waals surface area contributed by atoms with Crippen molar-refractivity contribution in [1.29, 1.82) is 0 Å². The summed E-state index contributed by atoms with van der Waals surface area (Å²) in [4.78, 5) is 45.8. The van der Waals surface area contributed by atoms with E-state index in [1.54, 1.807) is 13.0 Å². The van der Waals surface area contributed by atoms with Gasteiger partial charge in [0.05, 0.1) is 16.3 Å². The molecule has 1 atom stereocenters. The minimum absolute atomic E-state index is 0.0596. The van der Waals surface area contributed by atoms with E-state index in [2.05, 4.69) is 22.3 Å². The van der Waals surface area contributed by atoms with Crippen molar-refractivity contribution >= 4 is 34.6 Å². The summed E-state index contributed by atoms with van der Waals surface area (Å²) in [6.07, 6.45) is 5.53. The topological polar surface area (TPSA) is 108 Å². The Bertz CT molecular complexity index is 1560. The zero-order valence-electron chi connectivity index (χ0n) is 23.8. The van der Waals surface area contributed by atoms with E-state index >= 15 is 0 Å². The molecule has 3 heterocycles. The molecule has 1 N–H and O–H groups in total. The summed E-state index contributed by atoms with van der Waals surface area (Å²) in [5, 5.41) is 14.5. The number of carbonyl (C=O) groups excluding carboxylic acids is 2. The Balaban J connectivity index is 1.35. The predicted octanol–water partition coefficient (Wildman–Crippen LogP) is 5.38. The highest BCUT2D eigenvalue weighted by Gasteiger charge is 2.37. The predicted molar refractivity (Wildman–Crippen MR) is 162 cm³/mol. The number of hydrogen-bond acceptors (Lipinski definition) is 6.